The second-order valence-corrected chi connectivity index (χ2v) is 19.5. The van der Waals surface area contributed by atoms with E-state index in [9.17, 15) is 14.4 Å². The molecule has 0 aromatic carbocycles. The van der Waals surface area contributed by atoms with Crippen LogP contribution in [-0.2, 0) is 42.5 Å². The molecule has 6 atom stereocenters. The highest BCUT2D eigenvalue weighted by atomic mass is 35.5. The lowest BCUT2D eigenvalue weighted by molar-refractivity contribution is -0.172. The van der Waals surface area contributed by atoms with E-state index in [2.05, 4.69) is 33.9 Å². The van der Waals surface area contributed by atoms with E-state index >= 15 is 0 Å². The van der Waals surface area contributed by atoms with E-state index in [1.54, 1.807) is 12.2 Å². The molecule has 2 aliphatic rings. The predicted molar refractivity (Wildman–Crippen MR) is 186 cm³/mol. The van der Waals surface area contributed by atoms with E-state index in [-0.39, 0.29) is 35.6 Å². The molecule has 11 heteroatoms. The first-order valence-corrected chi connectivity index (χ1v) is 19.6. The lowest BCUT2D eigenvalue weighted by Crippen LogP contribution is -2.44. The predicted octanol–water partition coefficient (Wildman–Crippen LogP) is 7.72. The fourth-order valence-corrected chi connectivity index (χ4v) is 6.34. The summed E-state index contributed by atoms with van der Waals surface area (Å²) in [4.78, 5) is 36.0. The first kappa shape index (κ1) is 40.7. The number of methoxy groups -OCH3 is 1. The van der Waals surface area contributed by atoms with Crippen LogP contribution in [0.1, 0.15) is 74.7 Å². The van der Waals surface area contributed by atoms with Crippen molar-refractivity contribution in [1.29, 1.82) is 0 Å². The van der Waals surface area contributed by atoms with E-state index in [1.807, 2.05) is 58.1 Å². The summed E-state index contributed by atoms with van der Waals surface area (Å²) in [6.45, 7) is 20.6. The van der Waals surface area contributed by atoms with Gasteiger partial charge in [-0.2, -0.15) is 0 Å². The molecular formula is C36H55ClO9Si. The molecule has 0 N–H and O–H groups in total. The minimum Gasteiger partial charge on any atom is -0.469 e. The number of hydrogen-bond acceptors (Lipinski definition) is 9. The largest absolute Gasteiger partial charge is 0.469 e. The van der Waals surface area contributed by atoms with Crippen LogP contribution in [0, 0.1) is 11.8 Å². The number of halogens is 1. The van der Waals surface area contributed by atoms with Crippen molar-refractivity contribution in [3.63, 3.8) is 0 Å². The molecule has 1 saturated heterocycles. The van der Waals surface area contributed by atoms with Crippen LogP contribution in [0.3, 0.4) is 0 Å². The summed E-state index contributed by atoms with van der Waals surface area (Å²) >= 11 is 6.72. The molecular weight excluding hydrogens is 640 g/mol. The molecule has 2 rings (SSSR count). The van der Waals surface area contributed by atoms with Crippen LogP contribution in [0.25, 0.3) is 0 Å². The van der Waals surface area contributed by atoms with Gasteiger partial charge < -0.3 is 28.1 Å². The molecule has 0 aromatic rings. The van der Waals surface area contributed by atoms with Crippen molar-refractivity contribution >= 4 is 37.8 Å². The van der Waals surface area contributed by atoms with Crippen LogP contribution >= 0.6 is 11.6 Å². The Kier molecular flexibility index (Phi) is 15.4. The SMILES string of the molecule is COC(=O)[C@H]1CC[C@H](OC(C)=O)[C@H](OC(=O)/C=C/C=C/C(C)=C/C=C/C=C(\Cl)[C@@H](C)[C@H]2OC(C)(C)O[C@@H]2CO[Si](C)(C)C(C)(C)C)C1. The van der Waals surface area contributed by atoms with Gasteiger partial charge in [-0.1, -0.05) is 81.3 Å². The standard InChI is InChI=1S/C36H55ClO9Si/c1-24(17-13-15-19-32(39)44-30-22-27(34(40)41-9)20-21-29(30)43-26(3)38)16-12-14-18-28(37)25(2)33-31(45-36(7,8)46-33)23-42-47(10,11)35(4,5)6/h12-19,25,27,29-31,33H,20-23H2,1-11H3/b14-12+,17-13+,19-15+,24-16+,28-18-/t25-,27+,29+,30-,31-,33-/m1/s1. The van der Waals surface area contributed by atoms with Crippen LogP contribution < -0.4 is 0 Å². The van der Waals surface area contributed by atoms with Crippen molar-refractivity contribution in [3.8, 4) is 0 Å². The second-order valence-electron chi connectivity index (χ2n) is 14.2. The van der Waals surface area contributed by atoms with Gasteiger partial charge in [0.05, 0.1) is 25.7 Å². The van der Waals surface area contributed by atoms with Gasteiger partial charge in [-0.3, -0.25) is 9.59 Å². The second kappa shape index (κ2) is 17.8. The quantitative estimate of drug-likeness (QED) is 0.0630. The van der Waals surface area contributed by atoms with Crippen molar-refractivity contribution in [2.24, 2.45) is 11.8 Å². The Bertz CT molecular complexity index is 1240. The highest BCUT2D eigenvalue weighted by Gasteiger charge is 2.46. The smallest absolute Gasteiger partial charge is 0.331 e. The van der Waals surface area contributed by atoms with Gasteiger partial charge >= 0.3 is 17.9 Å². The van der Waals surface area contributed by atoms with Crippen molar-refractivity contribution in [2.45, 2.75) is 123 Å². The Hall–Kier alpha value is -2.50. The van der Waals surface area contributed by atoms with Crippen LogP contribution in [0.4, 0.5) is 0 Å². The molecule has 0 spiro atoms. The topological polar surface area (TPSA) is 107 Å². The van der Waals surface area contributed by atoms with Gasteiger partial charge in [0.2, 0.25) is 0 Å². The van der Waals surface area contributed by atoms with Crippen molar-refractivity contribution in [1.82, 2.24) is 0 Å². The number of allylic oxidation sites excluding steroid dienone is 8. The molecule has 1 heterocycles. The molecule has 264 valence electrons. The molecule has 0 bridgehead atoms. The molecule has 1 saturated carbocycles. The fourth-order valence-electron chi connectivity index (χ4n) is 5.13. The molecule has 0 unspecified atom stereocenters. The minimum atomic E-state index is -1.95. The van der Waals surface area contributed by atoms with Gasteiger partial charge in [-0.25, -0.2) is 4.79 Å². The summed E-state index contributed by atoms with van der Waals surface area (Å²) < 4.78 is 34.6. The maximum absolute atomic E-state index is 12.5. The van der Waals surface area contributed by atoms with Crippen molar-refractivity contribution in [2.75, 3.05) is 13.7 Å². The average molecular weight is 695 g/mol. The summed E-state index contributed by atoms with van der Waals surface area (Å²) in [6, 6.07) is 0. The number of carbonyl (C=O) groups is 3. The lowest BCUT2D eigenvalue weighted by Gasteiger charge is -2.37. The Labute approximate surface area is 287 Å². The highest BCUT2D eigenvalue weighted by Crippen LogP contribution is 2.40. The van der Waals surface area contributed by atoms with Crippen molar-refractivity contribution < 1.29 is 42.5 Å². The van der Waals surface area contributed by atoms with E-state index in [0.717, 1.165) is 5.57 Å². The monoisotopic (exact) mass is 694 g/mol. The van der Waals surface area contributed by atoms with E-state index in [1.165, 1.54) is 20.1 Å². The lowest BCUT2D eigenvalue weighted by atomic mass is 9.85. The average Bonchev–Trinajstić information content (AvgIpc) is 3.29. The maximum Gasteiger partial charge on any atom is 0.331 e. The summed E-state index contributed by atoms with van der Waals surface area (Å²) in [5.74, 6) is -2.66. The van der Waals surface area contributed by atoms with E-state index in [4.69, 9.17) is 39.7 Å². The third-order valence-electron chi connectivity index (χ3n) is 8.84. The summed E-state index contributed by atoms with van der Waals surface area (Å²) in [7, 11) is -0.632. The molecule has 1 aliphatic carbocycles. The first-order valence-electron chi connectivity index (χ1n) is 16.3. The van der Waals surface area contributed by atoms with Gasteiger partial charge in [0.1, 0.15) is 18.3 Å². The molecule has 0 radical (unpaired) electrons. The molecule has 9 nitrogen and oxygen atoms in total. The molecule has 0 aromatic heterocycles. The zero-order valence-electron chi connectivity index (χ0n) is 30.0. The van der Waals surface area contributed by atoms with Gasteiger partial charge in [0, 0.05) is 30.4 Å². The minimum absolute atomic E-state index is 0.0960. The number of carbonyl (C=O) groups excluding carboxylic acids is 3. The van der Waals surface area contributed by atoms with Gasteiger partial charge in [-0.15, -0.1) is 0 Å². The number of rotatable bonds is 13. The third kappa shape index (κ3) is 13.1. The van der Waals surface area contributed by atoms with Crippen LogP contribution in [0.5, 0.6) is 0 Å². The third-order valence-corrected chi connectivity index (χ3v) is 13.8. The first-order chi connectivity index (χ1) is 21.8. The Morgan fingerprint density at radius 2 is 1.60 bits per heavy atom. The molecule has 47 heavy (non-hydrogen) atoms. The normalized spacial score (nSPS) is 26.6. The highest BCUT2D eigenvalue weighted by molar-refractivity contribution is 6.74. The zero-order valence-corrected chi connectivity index (χ0v) is 31.7. The Morgan fingerprint density at radius 3 is 2.21 bits per heavy atom. The number of esters is 3. The summed E-state index contributed by atoms with van der Waals surface area (Å²) in [5, 5.41) is 0.749. The Morgan fingerprint density at radius 1 is 0.957 bits per heavy atom. The number of hydrogen-bond donors (Lipinski definition) is 0. The van der Waals surface area contributed by atoms with Gasteiger partial charge in [-0.05, 0) is 57.8 Å². The maximum atomic E-state index is 12.5. The molecule has 2 fully saturated rings. The molecule has 1 aliphatic heterocycles. The van der Waals surface area contributed by atoms with Crippen LogP contribution in [0.15, 0.2) is 59.2 Å². The molecule has 0 amide bonds. The summed E-state index contributed by atoms with van der Waals surface area (Å²) in [5.41, 5.74) is 0.942. The van der Waals surface area contributed by atoms with Crippen molar-refractivity contribution in [3.05, 3.63) is 59.2 Å². The Balaban J connectivity index is 1.94. The van der Waals surface area contributed by atoms with Crippen LogP contribution in [-0.4, -0.2) is 70.1 Å². The zero-order chi connectivity index (χ0) is 35.6. The van der Waals surface area contributed by atoms with Crippen LogP contribution in [0.2, 0.25) is 18.1 Å². The van der Waals surface area contributed by atoms with E-state index < -0.39 is 44.2 Å². The number of ether oxygens (including phenoxy) is 5. The van der Waals surface area contributed by atoms with Gasteiger partial charge in [0.15, 0.2) is 14.1 Å². The summed E-state index contributed by atoms with van der Waals surface area (Å²) in [6.07, 6.45) is 13.3. The van der Waals surface area contributed by atoms with Gasteiger partial charge in [0.25, 0.3) is 0 Å². The fraction of sp³-hybridized carbons (Fsp3) is 0.639. The van der Waals surface area contributed by atoms with E-state index in [0.29, 0.717) is 24.5 Å².